The molecule has 0 saturated carbocycles. The van der Waals surface area contributed by atoms with E-state index in [1.807, 2.05) is 10.1 Å². The first kappa shape index (κ1) is 20.3. The molecule has 9 nitrogen and oxygen atoms in total. The normalized spacial score (nSPS) is 11.7. The minimum atomic E-state index is -4.90. The molecule has 4 N–H and O–H groups in total. The third kappa shape index (κ3) is 6.31. The SMILES string of the molecule is O=C(CNS(=O)(=O)c1ccc(OC(F)(F)F)cc1)NNC(=O)c1ccc[nH]1. The van der Waals surface area contributed by atoms with E-state index in [-0.39, 0.29) is 10.6 Å². The van der Waals surface area contributed by atoms with Crippen LogP contribution in [0.5, 0.6) is 5.75 Å². The van der Waals surface area contributed by atoms with E-state index in [9.17, 15) is 31.2 Å². The number of aromatic amines is 1. The molecule has 0 atom stereocenters. The van der Waals surface area contributed by atoms with E-state index in [2.05, 4.69) is 15.1 Å². The van der Waals surface area contributed by atoms with E-state index >= 15 is 0 Å². The van der Waals surface area contributed by atoms with Gasteiger partial charge in [0, 0.05) is 6.20 Å². The fourth-order valence-electron chi connectivity index (χ4n) is 1.77. The van der Waals surface area contributed by atoms with Crippen LogP contribution in [-0.4, -0.2) is 38.1 Å². The van der Waals surface area contributed by atoms with E-state index in [0.717, 1.165) is 24.3 Å². The average Bonchev–Trinajstić information content (AvgIpc) is 3.11. The van der Waals surface area contributed by atoms with Gasteiger partial charge < -0.3 is 9.72 Å². The highest BCUT2D eigenvalue weighted by molar-refractivity contribution is 7.89. The molecule has 13 heteroatoms. The van der Waals surface area contributed by atoms with Gasteiger partial charge in [-0.15, -0.1) is 13.2 Å². The van der Waals surface area contributed by atoms with E-state index in [1.165, 1.54) is 12.3 Å². The first-order valence-electron chi connectivity index (χ1n) is 7.15. The summed E-state index contributed by atoms with van der Waals surface area (Å²) in [6.45, 7) is -0.714. The lowest BCUT2D eigenvalue weighted by Crippen LogP contribution is -2.46. The zero-order valence-electron chi connectivity index (χ0n) is 13.3. The highest BCUT2D eigenvalue weighted by Gasteiger charge is 2.31. The summed E-state index contributed by atoms with van der Waals surface area (Å²) in [5, 5.41) is 0. The van der Waals surface area contributed by atoms with E-state index in [4.69, 9.17) is 0 Å². The van der Waals surface area contributed by atoms with Gasteiger partial charge in [-0.2, -0.15) is 0 Å². The van der Waals surface area contributed by atoms with Gasteiger partial charge in [0.1, 0.15) is 11.4 Å². The third-order valence-corrected chi connectivity index (χ3v) is 4.37. The first-order valence-corrected chi connectivity index (χ1v) is 8.63. The summed E-state index contributed by atoms with van der Waals surface area (Å²) < 4.78 is 65.8. The largest absolute Gasteiger partial charge is 0.573 e. The van der Waals surface area contributed by atoms with Gasteiger partial charge in [-0.05, 0) is 36.4 Å². The summed E-state index contributed by atoms with van der Waals surface area (Å²) in [7, 11) is -4.16. The van der Waals surface area contributed by atoms with Crippen molar-refractivity contribution in [2.24, 2.45) is 0 Å². The van der Waals surface area contributed by atoms with Crippen molar-refractivity contribution >= 4 is 21.8 Å². The minimum Gasteiger partial charge on any atom is -0.406 e. The molecule has 0 aliphatic carbocycles. The molecule has 146 valence electrons. The Hall–Kier alpha value is -3.06. The number of halogens is 3. The summed E-state index contributed by atoms with van der Waals surface area (Å²) in [6.07, 6.45) is -3.41. The number of ether oxygens (including phenoxy) is 1. The quantitative estimate of drug-likeness (QED) is 0.524. The van der Waals surface area contributed by atoms with Crippen LogP contribution in [0, 0.1) is 0 Å². The zero-order chi connectivity index (χ0) is 20.1. The Balaban J connectivity index is 1.86. The highest BCUT2D eigenvalue weighted by Crippen LogP contribution is 2.23. The predicted molar refractivity (Wildman–Crippen MR) is 84.7 cm³/mol. The molecule has 0 aliphatic rings. The number of alkyl halides is 3. The van der Waals surface area contributed by atoms with Crippen molar-refractivity contribution in [1.82, 2.24) is 20.6 Å². The molecule has 0 unspecified atom stereocenters. The average molecular weight is 406 g/mol. The summed E-state index contributed by atoms with van der Waals surface area (Å²) in [5.41, 5.74) is 4.24. The van der Waals surface area contributed by atoms with Crippen LogP contribution >= 0.6 is 0 Å². The number of aromatic nitrogens is 1. The van der Waals surface area contributed by atoms with E-state index in [1.54, 1.807) is 6.07 Å². The van der Waals surface area contributed by atoms with Crippen molar-refractivity contribution in [3.05, 3.63) is 48.3 Å². The minimum absolute atomic E-state index is 0.178. The van der Waals surface area contributed by atoms with Gasteiger partial charge in [0.2, 0.25) is 10.0 Å². The van der Waals surface area contributed by atoms with Gasteiger partial charge in [0.05, 0.1) is 11.4 Å². The number of benzene rings is 1. The van der Waals surface area contributed by atoms with Crippen LogP contribution in [0.2, 0.25) is 0 Å². The second-order valence-electron chi connectivity index (χ2n) is 4.93. The number of hydrazine groups is 1. The summed E-state index contributed by atoms with van der Waals surface area (Å²) in [5.74, 6) is -2.10. The molecule has 0 aliphatic heterocycles. The topological polar surface area (TPSA) is 129 Å². The number of rotatable bonds is 6. The number of hydrogen-bond acceptors (Lipinski definition) is 5. The van der Waals surface area contributed by atoms with E-state index in [0.29, 0.717) is 0 Å². The number of hydrogen-bond donors (Lipinski definition) is 4. The van der Waals surface area contributed by atoms with Crippen LogP contribution in [0.4, 0.5) is 13.2 Å². The second kappa shape index (κ2) is 8.09. The third-order valence-electron chi connectivity index (χ3n) is 2.95. The maximum absolute atomic E-state index is 12.1. The number of carbonyl (C=O) groups excluding carboxylic acids is 2. The van der Waals surface area contributed by atoms with E-state index < -0.39 is 40.5 Å². The molecule has 27 heavy (non-hydrogen) atoms. The Morgan fingerprint density at radius 1 is 1.07 bits per heavy atom. The fraction of sp³-hybridized carbons (Fsp3) is 0.143. The monoisotopic (exact) mass is 406 g/mol. The standard InChI is InChI=1S/C14H13F3N4O5S/c15-14(16,17)26-9-3-5-10(6-4-9)27(24,25)19-8-12(22)20-21-13(23)11-2-1-7-18-11/h1-7,18-19H,8H2,(H,20,22)(H,21,23). The molecule has 0 radical (unpaired) electrons. The smallest absolute Gasteiger partial charge is 0.406 e. The predicted octanol–water partition coefficient (Wildman–Crippen LogP) is 0.653. The maximum Gasteiger partial charge on any atom is 0.573 e. The first-order chi connectivity index (χ1) is 12.6. The van der Waals surface area contributed by atoms with Gasteiger partial charge in [-0.3, -0.25) is 20.4 Å². The molecule has 0 saturated heterocycles. The number of sulfonamides is 1. The van der Waals surface area contributed by atoms with Crippen LogP contribution < -0.4 is 20.3 Å². The van der Waals surface area contributed by atoms with Gasteiger partial charge in [-0.25, -0.2) is 13.1 Å². The molecule has 2 rings (SSSR count). The van der Waals surface area contributed by atoms with Crippen LogP contribution in [0.15, 0.2) is 47.5 Å². The maximum atomic E-state index is 12.1. The Bertz CT molecular complexity index is 896. The molecule has 0 fully saturated rings. The Kier molecular flexibility index (Phi) is 6.07. The molecule has 0 spiro atoms. The highest BCUT2D eigenvalue weighted by atomic mass is 32.2. The fourth-order valence-corrected chi connectivity index (χ4v) is 2.76. The Morgan fingerprint density at radius 3 is 2.30 bits per heavy atom. The molecule has 2 amide bonds. The zero-order valence-corrected chi connectivity index (χ0v) is 14.1. The van der Waals surface area contributed by atoms with Crippen molar-refractivity contribution in [2.45, 2.75) is 11.3 Å². The van der Waals surface area contributed by atoms with Crippen molar-refractivity contribution in [3.63, 3.8) is 0 Å². The Labute approximate surface area is 150 Å². The van der Waals surface area contributed by atoms with Crippen LogP contribution in [0.1, 0.15) is 10.5 Å². The van der Waals surface area contributed by atoms with Gasteiger partial charge >= 0.3 is 6.36 Å². The number of nitrogens with one attached hydrogen (secondary N) is 4. The Morgan fingerprint density at radius 2 is 1.74 bits per heavy atom. The number of carbonyl (C=O) groups is 2. The summed E-state index contributed by atoms with van der Waals surface area (Å²) in [6, 6.07) is 6.42. The molecule has 1 heterocycles. The summed E-state index contributed by atoms with van der Waals surface area (Å²) in [4.78, 5) is 25.4. The van der Waals surface area contributed by atoms with Gasteiger partial charge in [0.15, 0.2) is 0 Å². The molecular formula is C14H13F3N4O5S. The lowest BCUT2D eigenvalue weighted by Gasteiger charge is -2.10. The lowest BCUT2D eigenvalue weighted by atomic mass is 10.3. The molecule has 1 aromatic carbocycles. The van der Waals surface area contributed by atoms with Crippen molar-refractivity contribution in [3.8, 4) is 5.75 Å². The summed E-state index contributed by atoms with van der Waals surface area (Å²) >= 11 is 0. The second-order valence-corrected chi connectivity index (χ2v) is 6.70. The molecular weight excluding hydrogens is 393 g/mol. The van der Waals surface area contributed by atoms with Crippen molar-refractivity contribution in [1.29, 1.82) is 0 Å². The van der Waals surface area contributed by atoms with Crippen molar-refractivity contribution in [2.75, 3.05) is 6.54 Å². The van der Waals surface area contributed by atoms with Crippen molar-refractivity contribution < 1.29 is 35.9 Å². The molecule has 0 bridgehead atoms. The van der Waals surface area contributed by atoms with Gasteiger partial charge in [0.25, 0.3) is 11.8 Å². The molecule has 2 aromatic rings. The van der Waals surface area contributed by atoms with Crippen LogP contribution in [-0.2, 0) is 14.8 Å². The lowest BCUT2D eigenvalue weighted by molar-refractivity contribution is -0.274. The van der Waals surface area contributed by atoms with Crippen LogP contribution in [0.3, 0.4) is 0 Å². The molecule has 1 aromatic heterocycles. The van der Waals surface area contributed by atoms with Gasteiger partial charge in [-0.1, -0.05) is 0 Å². The van der Waals surface area contributed by atoms with Crippen LogP contribution in [0.25, 0.3) is 0 Å². The number of H-pyrrole nitrogens is 1. The number of amides is 2.